The topological polar surface area (TPSA) is 33.4 Å². The summed E-state index contributed by atoms with van der Waals surface area (Å²) in [5, 5.41) is 11.4. The Bertz CT molecular complexity index is 681. The summed E-state index contributed by atoms with van der Waals surface area (Å²) >= 11 is 6.83. The largest absolute Gasteiger partial charge is 0.458 e. The molecule has 0 saturated heterocycles. The summed E-state index contributed by atoms with van der Waals surface area (Å²) in [7, 11) is 0. The van der Waals surface area contributed by atoms with Gasteiger partial charge < -0.3 is 9.52 Å². The molecule has 1 N–H and O–H groups in total. The zero-order chi connectivity index (χ0) is 13.4. The predicted octanol–water partition coefficient (Wildman–Crippen LogP) is 5.04. The molecular formula is C15H10Br2O2. The minimum absolute atomic E-state index is 0.547. The van der Waals surface area contributed by atoms with Crippen LogP contribution in [0.1, 0.15) is 17.4 Å². The Hall–Kier alpha value is -1.10. The molecule has 0 bridgehead atoms. The molecule has 0 aliphatic carbocycles. The first kappa shape index (κ1) is 12.9. The summed E-state index contributed by atoms with van der Waals surface area (Å²) in [6.07, 6.45) is -0.777. The molecule has 4 heteroatoms. The smallest absolute Gasteiger partial charge is 0.138 e. The average Bonchev–Trinajstić information content (AvgIpc) is 2.80. The maximum Gasteiger partial charge on any atom is 0.138 e. The van der Waals surface area contributed by atoms with Crippen LogP contribution in [-0.2, 0) is 0 Å². The Kier molecular flexibility index (Phi) is 3.48. The fourth-order valence-corrected chi connectivity index (χ4v) is 3.36. The maximum atomic E-state index is 10.4. The number of fused-ring (bicyclic) bond motifs is 1. The Morgan fingerprint density at radius 2 is 1.63 bits per heavy atom. The number of aliphatic hydroxyl groups is 1. The van der Waals surface area contributed by atoms with E-state index in [9.17, 15) is 5.11 Å². The van der Waals surface area contributed by atoms with Gasteiger partial charge in [0.25, 0.3) is 0 Å². The van der Waals surface area contributed by atoms with E-state index >= 15 is 0 Å². The first-order valence-electron chi connectivity index (χ1n) is 5.76. The molecule has 0 amide bonds. The summed E-state index contributed by atoms with van der Waals surface area (Å²) < 4.78 is 7.50. The van der Waals surface area contributed by atoms with Gasteiger partial charge in [-0.15, -0.1) is 0 Å². The number of benzene rings is 2. The number of hydrogen-bond acceptors (Lipinski definition) is 2. The number of furan rings is 1. The summed E-state index contributed by atoms with van der Waals surface area (Å²) in [6.45, 7) is 0. The van der Waals surface area contributed by atoms with Crippen LogP contribution in [-0.4, -0.2) is 5.11 Å². The van der Waals surface area contributed by atoms with Crippen LogP contribution in [0.4, 0.5) is 0 Å². The van der Waals surface area contributed by atoms with Crippen molar-refractivity contribution in [1.82, 2.24) is 0 Å². The van der Waals surface area contributed by atoms with E-state index < -0.39 is 6.10 Å². The van der Waals surface area contributed by atoms with Gasteiger partial charge in [-0.05, 0) is 35.9 Å². The van der Waals surface area contributed by atoms with Crippen LogP contribution in [0.25, 0.3) is 11.0 Å². The van der Waals surface area contributed by atoms with Crippen LogP contribution in [0.3, 0.4) is 0 Å². The second kappa shape index (κ2) is 5.12. The number of hydrogen-bond donors (Lipinski definition) is 1. The van der Waals surface area contributed by atoms with Crippen molar-refractivity contribution in [2.45, 2.75) is 6.10 Å². The van der Waals surface area contributed by atoms with Crippen molar-refractivity contribution in [3.63, 3.8) is 0 Å². The van der Waals surface area contributed by atoms with Crippen molar-refractivity contribution in [3.8, 4) is 0 Å². The maximum absolute atomic E-state index is 10.4. The van der Waals surface area contributed by atoms with Gasteiger partial charge in [-0.3, -0.25) is 0 Å². The molecule has 1 atom stereocenters. The highest BCUT2D eigenvalue weighted by Gasteiger charge is 2.16. The van der Waals surface area contributed by atoms with Gasteiger partial charge in [0.1, 0.15) is 17.4 Å². The molecule has 2 aromatic carbocycles. The Balaban J connectivity index is 2.05. The zero-order valence-corrected chi connectivity index (χ0v) is 13.0. The summed E-state index contributed by atoms with van der Waals surface area (Å²) in [6, 6.07) is 15.3. The lowest BCUT2D eigenvalue weighted by molar-refractivity contribution is 0.192. The van der Waals surface area contributed by atoms with Crippen LogP contribution < -0.4 is 0 Å². The highest BCUT2D eigenvalue weighted by Crippen LogP contribution is 2.31. The molecule has 0 fully saturated rings. The molecule has 1 unspecified atom stereocenters. The van der Waals surface area contributed by atoms with Crippen molar-refractivity contribution >= 4 is 42.8 Å². The van der Waals surface area contributed by atoms with Gasteiger partial charge in [-0.2, -0.15) is 0 Å². The number of aliphatic hydroxyl groups excluding tert-OH is 1. The quantitative estimate of drug-likeness (QED) is 0.674. The summed E-state index contributed by atoms with van der Waals surface area (Å²) in [5.41, 5.74) is 1.56. The van der Waals surface area contributed by atoms with Crippen LogP contribution in [0.2, 0.25) is 0 Å². The van der Waals surface area contributed by atoms with E-state index in [1.54, 1.807) is 0 Å². The Labute approximate surface area is 127 Å². The molecule has 3 rings (SSSR count). The van der Waals surface area contributed by atoms with Gasteiger partial charge >= 0.3 is 0 Å². The molecule has 0 radical (unpaired) electrons. The molecule has 0 aliphatic rings. The van der Waals surface area contributed by atoms with Gasteiger partial charge in [0, 0.05) is 14.3 Å². The lowest BCUT2D eigenvalue weighted by Crippen LogP contribution is -1.97. The number of rotatable bonds is 2. The van der Waals surface area contributed by atoms with Crippen molar-refractivity contribution in [3.05, 3.63) is 68.8 Å². The molecule has 0 aliphatic heterocycles. The fraction of sp³-hybridized carbons (Fsp3) is 0.0667. The second-order valence-electron chi connectivity index (χ2n) is 4.29. The van der Waals surface area contributed by atoms with Crippen molar-refractivity contribution in [1.29, 1.82) is 0 Å². The first-order chi connectivity index (χ1) is 9.13. The van der Waals surface area contributed by atoms with E-state index in [0.29, 0.717) is 5.76 Å². The van der Waals surface area contributed by atoms with Gasteiger partial charge in [0.2, 0.25) is 0 Å². The van der Waals surface area contributed by atoms with Gasteiger partial charge in [0.05, 0.1) is 0 Å². The number of para-hydroxylation sites is 1. The zero-order valence-electron chi connectivity index (χ0n) is 9.81. The Morgan fingerprint density at radius 1 is 0.947 bits per heavy atom. The minimum atomic E-state index is -0.777. The minimum Gasteiger partial charge on any atom is -0.458 e. The average molecular weight is 382 g/mol. The SMILES string of the molecule is OC(c1cc(Br)cc(Br)c1)c1cc2ccccc2o1. The molecule has 2 nitrogen and oxygen atoms in total. The van der Waals surface area contributed by atoms with Gasteiger partial charge in [-0.25, -0.2) is 0 Å². The fourth-order valence-electron chi connectivity index (χ4n) is 2.03. The molecule has 0 spiro atoms. The molecule has 1 aromatic heterocycles. The molecular weight excluding hydrogens is 372 g/mol. The highest BCUT2D eigenvalue weighted by atomic mass is 79.9. The van der Waals surface area contributed by atoms with Crippen LogP contribution in [0, 0.1) is 0 Å². The monoisotopic (exact) mass is 380 g/mol. The van der Waals surface area contributed by atoms with Crippen LogP contribution in [0.15, 0.2) is 61.9 Å². The van der Waals surface area contributed by atoms with E-state index in [1.807, 2.05) is 48.5 Å². The lowest BCUT2D eigenvalue weighted by atomic mass is 10.1. The van der Waals surface area contributed by atoms with Crippen molar-refractivity contribution < 1.29 is 9.52 Å². The van der Waals surface area contributed by atoms with Crippen LogP contribution in [0.5, 0.6) is 0 Å². The third-order valence-electron chi connectivity index (χ3n) is 2.91. The lowest BCUT2D eigenvalue weighted by Gasteiger charge is -2.09. The predicted molar refractivity (Wildman–Crippen MR) is 82.1 cm³/mol. The van der Waals surface area contributed by atoms with Crippen molar-refractivity contribution in [2.24, 2.45) is 0 Å². The van der Waals surface area contributed by atoms with E-state index in [0.717, 1.165) is 25.5 Å². The second-order valence-corrected chi connectivity index (χ2v) is 6.12. The number of halogens is 2. The van der Waals surface area contributed by atoms with E-state index in [-0.39, 0.29) is 0 Å². The van der Waals surface area contributed by atoms with Gasteiger partial charge in [0.15, 0.2) is 0 Å². The molecule has 3 aromatic rings. The van der Waals surface area contributed by atoms with Crippen LogP contribution >= 0.6 is 31.9 Å². The molecule has 96 valence electrons. The standard InChI is InChI=1S/C15H10Br2O2/c16-11-5-10(6-12(17)8-11)15(18)14-7-9-3-1-2-4-13(9)19-14/h1-8,15,18H. The summed E-state index contributed by atoms with van der Waals surface area (Å²) in [4.78, 5) is 0. The first-order valence-corrected chi connectivity index (χ1v) is 7.34. The van der Waals surface area contributed by atoms with E-state index in [4.69, 9.17) is 4.42 Å². The summed E-state index contributed by atoms with van der Waals surface area (Å²) in [5.74, 6) is 0.547. The van der Waals surface area contributed by atoms with E-state index in [1.165, 1.54) is 0 Å². The van der Waals surface area contributed by atoms with E-state index in [2.05, 4.69) is 31.9 Å². The molecule has 0 saturated carbocycles. The van der Waals surface area contributed by atoms with Crippen molar-refractivity contribution in [2.75, 3.05) is 0 Å². The molecule has 1 heterocycles. The highest BCUT2D eigenvalue weighted by molar-refractivity contribution is 9.11. The Morgan fingerprint density at radius 3 is 2.32 bits per heavy atom. The molecule has 19 heavy (non-hydrogen) atoms. The normalized spacial score (nSPS) is 12.8. The third-order valence-corrected chi connectivity index (χ3v) is 3.83. The van der Waals surface area contributed by atoms with Gasteiger partial charge in [-0.1, -0.05) is 50.1 Å². The third kappa shape index (κ3) is 2.61.